The predicted molar refractivity (Wildman–Crippen MR) is 57.3 cm³/mol. The summed E-state index contributed by atoms with van der Waals surface area (Å²) >= 11 is 0. The van der Waals surface area contributed by atoms with Crippen molar-refractivity contribution in [2.24, 2.45) is 11.7 Å². The van der Waals surface area contributed by atoms with Crippen molar-refractivity contribution in [2.45, 2.75) is 39.2 Å². The summed E-state index contributed by atoms with van der Waals surface area (Å²) < 4.78 is 0. The van der Waals surface area contributed by atoms with Gasteiger partial charge in [-0.3, -0.25) is 4.79 Å². The predicted octanol–water partition coefficient (Wildman–Crippen LogP) is 0.341. The molecular formula is C10H20N2O3. The van der Waals surface area contributed by atoms with Crippen LogP contribution in [0.3, 0.4) is 0 Å². The van der Waals surface area contributed by atoms with E-state index in [2.05, 4.69) is 5.32 Å². The van der Waals surface area contributed by atoms with Crippen molar-refractivity contribution in [3.63, 3.8) is 0 Å². The van der Waals surface area contributed by atoms with Crippen molar-refractivity contribution >= 4 is 11.9 Å². The molecule has 0 aromatic heterocycles. The molecule has 4 N–H and O–H groups in total. The average Bonchev–Trinajstić information content (AvgIpc) is 2.13. The molecule has 0 rings (SSSR count). The van der Waals surface area contributed by atoms with Gasteiger partial charge in [-0.25, -0.2) is 4.79 Å². The summed E-state index contributed by atoms with van der Waals surface area (Å²) in [6.07, 6.45) is 1.44. The van der Waals surface area contributed by atoms with E-state index >= 15 is 0 Å². The van der Waals surface area contributed by atoms with E-state index in [0.29, 0.717) is 13.0 Å². The zero-order chi connectivity index (χ0) is 12.1. The number of rotatable bonds is 6. The van der Waals surface area contributed by atoms with E-state index in [1.54, 1.807) is 6.92 Å². The SMILES string of the molecule is CC(CCCN)C(=O)NC(C)(C)C(=O)O. The topological polar surface area (TPSA) is 92.4 Å². The molecule has 5 heteroatoms. The summed E-state index contributed by atoms with van der Waals surface area (Å²) in [6.45, 7) is 5.23. The number of carboxylic acids is 1. The Bertz CT molecular complexity index is 239. The molecule has 1 unspecified atom stereocenters. The Morgan fingerprint density at radius 1 is 1.47 bits per heavy atom. The molecule has 0 heterocycles. The molecule has 0 aliphatic heterocycles. The highest BCUT2D eigenvalue weighted by Crippen LogP contribution is 2.08. The van der Waals surface area contributed by atoms with Gasteiger partial charge in [-0.05, 0) is 33.2 Å². The monoisotopic (exact) mass is 216 g/mol. The Balaban J connectivity index is 4.18. The van der Waals surface area contributed by atoms with E-state index in [4.69, 9.17) is 10.8 Å². The number of carboxylic acid groups (broad SMARTS) is 1. The van der Waals surface area contributed by atoms with Crippen molar-refractivity contribution < 1.29 is 14.7 Å². The van der Waals surface area contributed by atoms with E-state index in [1.807, 2.05) is 0 Å². The van der Waals surface area contributed by atoms with E-state index in [1.165, 1.54) is 13.8 Å². The number of amides is 1. The van der Waals surface area contributed by atoms with Crippen LogP contribution in [0.1, 0.15) is 33.6 Å². The highest BCUT2D eigenvalue weighted by molar-refractivity contribution is 5.87. The van der Waals surface area contributed by atoms with Gasteiger partial charge >= 0.3 is 5.97 Å². The van der Waals surface area contributed by atoms with Crippen LogP contribution in [0.25, 0.3) is 0 Å². The lowest BCUT2D eigenvalue weighted by molar-refractivity contribution is -0.146. The quantitative estimate of drug-likeness (QED) is 0.597. The fraction of sp³-hybridized carbons (Fsp3) is 0.800. The summed E-state index contributed by atoms with van der Waals surface area (Å²) in [5, 5.41) is 11.3. The third-order valence-electron chi connectivity index (χ3n) is 2.26. The number of hydrogen-bond donors (Lipinski definition) is 3. The number of nitrogens with two attached hydrogens (primary N) is 1. The average molecular weight is 216 g/mol. The van der Waals surface area contributed by atoms with Crippen LogP contribution in [0.4, 0.5) is 0 Å². The maximum atomic E-state index is 11.6. The lowest BCUT2D eigenvalue weighted by Gasteiger charge is -2.23. The summed E-state index contributed by atoms with van der Waals surface area (Å²) in [5.41, 5.74) is 4.11. The van der Waals surface area contributed by atoms with Crippen molar-refractivity contribution in [1.82, 2.24) is 5.32 Å². The molecule has 0 saturated heterocycles. The van der Waals surface area contributed by atoms with Crippen molar-refractivity contribution in [3.8, 4) is 0 Å². The van der Waals surface area contributed by atoms with Crippen LogP contribution in [0.5, 0.6) is 0 Å². The molecule has 1 amide bonds. The maximum Gasteiger partial charge on any atom is 0.328 e. The lowest BCUT2D eigenvalue weighted by atomic mass is 10.0. The van der Waals surface area contributed by atoms with E-state index in [-0.39, 0.29) is 11.8 Å². The second-order valence-corrected chi connectivity index (χ2v) is 4.25. The highest BCUT2D eigenvalue weighted by Gasteiger charge is 2.30. The maximum absolute atomic E-state index is 11.6. The second-order valence-electron chi connectivity index (χ2n) is 4.25. The number of hydrogen-bond acceptors (Lipinski definition) is 3. The Labute approximate surface area is 90.0 Å². The lowest BCUT2D eigenvalue weighted by Crippen LogP contribution is -2.51. The molecule has 0 fully saturated rings. The molecule has 0 aliphatic carbocycles. The molecule has 5 nitrogen and oxygen atoms in total. The van der Waals surface area contributed by atoms with Gasteiger partial charge in [-0.2, -0.15) is 0 Å². The minimum atomic E-state index is -1.21. The van der Waals surface area contributed by atoms with E-state index in [0.717, 1.165) is 6.42 Å². The summed E-state index contributed by atoms with van der Waals surface area (Å²) in [4.78, 5) is 22.3. The van der Waals surface area contributed by atoms with Crippen LogP contribution < -0.4 is 11.1 Å². The van der Waals surface area contributed by atoms with Crippen molar-refractivity contribution in [3.05, 3.63) is 0 Å². The molecule has 0 aromatic rings. The molecule has 0 bridgehead atoms. The molecule has 0 spiro atoms. The fourth-order valence-corrected chi connectivity index (χ4v) is 1.04. The van der Waals surface area contributed by atoms with Gasteiger partial charge in [-0.1, -0.05) is 6.92 Å². The van der Waals surface area contributed by atoms with Gasteiger partial charge in [0.15, 0.2) is 0 Å². The first-order chi connectivity index (χ1) is 6.81. The first-order valence-corrected chi connectivity index (χ1v) is 5.06. The van der Waals surface area contributed by atoms with Gasteiger partial charge in [-0.15, -0.1) is 0 Å². The number of carbonyl (C=O) groups is 2. The smallest absolute Gasteiger partial charge is 0.328 e. The molecule has 88 valence electrons. The van der Waals surface area contributed by atoms with Crippen LogP contribution in [-0.4, -0.2) is 29.1 Å². The minimum absolute atomic E-state index is 0.202. The standard InChI is InChI=1S/C10H20N2O3/c1-7(5-4-6-11)8(13)12-10(2,3)9(14)15/h7H,4-6,11H2,1-3H3,(H,12,13)(H,14,15). The minimum Gasteiger partial charge on any atom is -0.480 e. The first kappa shape index (κ1) is 13.9. The number of carbonyl (C=O) groups excluding carboxylic acids is 1. The van der Waals surface area contributed by atoms with Gasteiger partial charge in [0.2, 0.25) is 5.91 Å². The van der Waals surface area contributed by atoms with Crippen molar-refractivity contribution in [1.29, 1.82) is 0 Å². The Hall–Kier alpha value is -1.10. The zero-order valence-electron chi connectivity index (χ0n) is 9.54. The highest BCUT2D eigenvalue weighted by atomic mass is 16.4. The summed E-state index contributed by atoms with van der Waals surface area (Å²) in [6, 6.07) is 0. The summed E-state index contributed by atoms with van der Waals surface area (Å²) in [7, 11) is 0. The normalized spacial score (nSPS) is 13.3. The van der Waals surface area contributed by atoms with Crippen LogP contribution in [0, 0.1) is 5.92 Å². The Morgan fingerprint density at radius 2 is 2.00 bits per heavy atom. The van der Waals surface area contributed by atoms with Gasteiger partial charge in [0.05, 0.1) is 0 Å². The van der Waals surface area contributed by atoms with E-state index in [9.17, 15) is 9.59 Å². The molecule has 0 aliphatic rings. The molecule has 15 heavy (non-hydrogen) atoms. The van der Waals surface area contributed by atoms with Crippen LogP contribution in [0.2, 0.25) is 0 Å². The van der Waals surface area contributed by atoms with Crippen LogP contribution in [-0.2, 0) is 9.59 Å². The Morgan fingerprint density at radius 3 is 2.40 bits per heavy atom. The third kappa shape index (κ3) is 4.78. The first-order valence-electron chi connectivity index (χ1n) is 5.06. The number of aliphatic carboxylic acids is 1. The molecule has 0 aromatic carbocycles. The molecule has 1 atom stereocenters. The van der Waals surface area contributed by atoms with Gasteiger partial charge in [0, 0.05) is 5.92 Å². The zero-order valence-corrected chi connectivity index (χ0v) is 9.54. The van der Waals surface area contributed by atoms with Crippen LogP contribution >= 0.6 is 0 Å². The largest absolute Gasteiger partial charge is 0.480 e. The Kier molecular flexibility index (Phi) is 5.28. The van der Waals surface area contributed by atoms with Gasteiger partial charge in [0.25, 0.3) is 0 Å². The molecule has 0 saturated carbocycles. The van der Waals surface area contributed by atoms with Gasteiger partial charge < -0.3 is 16.2 Å². The van der Waals surface area contributed by atoms with Gasteiger partial charge in [0.1, 0.15) is 5.54 Å². The third-order valence-corrected chi connectivity index (χ3v) is 2.26. The molecular weight excluding hydrogens is 196 g/mol. The summed E-state index contributed by atoms with van der Waals surface area (Å²) in [5.74, 6) is -1.48. The van der Waals surface area contributed by atoms with E-state index < -0.39 is 11.5 Å². The van der Waals surface area contributed by atoms with Crippen molar-refractivity contribution in [2.75, 3.05) is 6.54 Å². The fourth-order valence-electron chi connectivity index (χ4n) is 1.04. The number of nitrogens with one attached hydrogen (secondary N) is 1. The van der Waals surface area contributed by atoms with Crippen LogP contribution in [0.15, 0.2) is 0 Å². The molecule has 0 radical (unpaired) electrons. The second kappa shape index (κ2) is 5.70.